The van der Waals surface area contributed by atoms with E-state index in [0.29, 0.717) is 32.5 Å². The second-order valence-corrected chi connectivity index (χ2v) is 6.93. The lowest BCUT2D eigenvalue weighted by Crippen LogP contribution is -2.09. The molecule has 0 saturated heterocycles. The summed E-state index contributed by atoms with van der Waals surface area (Å²) in [5.41, 5.74) is 0. The lowest BCUT2D eigenvalue weighted by molar-refractivity contribution is -0.145. The normalized spacial score (nSPS) is 10.0. The molecule has 0 aliphatic heterocycles. The Labute approximate surface area is 144 Å². The van der Waals surface area contributed by atoms with Crippen LogP contribution >= 0.6 is 0 Å². The molecule has 0 saturated carbocycles. The van der Waals surface area contributed by atoms with E-state index in [-0.39, 0.29) is 11.9 Å². The van der Waals surface area contributed by atoms with Gasteiger partial charge in [-0.3, -0.25) is 9.59 Å². The molecule has 0 aromatic heterocycles. The van der Waals surface area contributed by atoms with Crippen LogP contribution in [-0.4, -0.2) is 42.2 Å². The van der Waals surface area contributed by atoms with Gasteiger partial charge in [0.2, 0.25) is 0 Å². The average Bonchev–Trinajstić information content (AvgIpc) is 2.47. The fraction of sp³-hybridized carbons (Fsp3) is 0.882. The molecular weight excluding hydrogens is 316 g/mol. The standard InChI is InChI=1S/C15H28O4.C2H6OS/c1-3-5-7-12-18-14(16)10-9-11-15(17)19-13-8-6-4-2;1-4(2)3/h3-13H2,1-2H3;1-2H3. The molecular formula is C17H34O5S. The molecule has 138 valence electrons. The molecule has 0 aliphatic carbocycles. The Morgan fingerprint density at radius 2 is 1.13 bits per heavy atom. The third kappa shape index (κ3) is 26.5. The Balaban J connectivity index is 0. The molecule has 0 amide bonds. The number of hydrogen-bond donors (Lipinski definition) is 0. The zero-order chi connectivity index (χ0) is 17.9. The predicted molar refractivity (Wildman–Crippen MR) is 94.8 cm³/mol. The van der Waals surface area contributed by atoms with Crippen molar-refractivity contribution in [3.8, 4) is 0 Å². The van der Waals surface area contributed by atoms with E-state index in [4.69, 9.17) is 9.47 Å². The highest BCUT2D eigenvalue weighted by atomic mass is 32.2. The van der Waals surface area contributed by atoms with Crippen molar-refractivity contribution in [3.05, 3.63) is 0 Å². The van der Waals surface area contributed by atoms with Gasteiger partial charge < -0.3 is 14.0 Å². The van der Waals surface area contributed by atoms with Gasteiger partial charge in [0.1, 0.15) is 0 Å². The van der Waals surface area contributed by atoms with Crippen LogP contribution in [0.15, 0.2) is 0 Å². The Morgan fingerprint density at radius 3 is 1.43 bits per heavy atom. The Morgan fingerprint density at radius 1 is 0.783 bits per heavy atom. The van der Waals surface area contributed by atoms with Crippen LogP contribution in [0, 0.1) is 0 Å². The Bertz CT molecular complexity index is 255. The van der Waals surface area contributed by atoms with Gasteiger partial charge >= 0.3 is 11.9 Å². The van der Waals surface area contributed by atoms with E-state index >= 15 is 0 Å². The maximum Gasteiger partial charge on any atom is 0.305 e. The second-order valence-electron chi connectivity index (χ2n) is 5.45. The quantitative estimate of drug-likeness (QED) is 0.305. The molecule has 5 nitrogen and oxygen atoms in total. The van der Waals surface area contributed by atoms with E-state index in [1.165, 1.54) is 0 Å². The molecule has 0 spiro atoms. The predicted octanol–water partition coefficient (Wildman–Crippen LogP) is 3.62. The van der Waals surface area contributed by atoms with Crippen LogP contribution in [-0.2, 0) is 30.2 Å². The van der Waals surface area contributed by atoms with Gasteiger partial charge in [-0.05, 0) is 19.3 Å². The number of rotatable bonds is 12. The molecule has 6 heteroatoms. The summed E-state index contributed by atoms with van der Waals surface area (Å²) in [7, 11) is 0. The van der Waals surface area contributed by atoms with E-state index in [0.717, 1.165) is 38.5 Å². The van der Waals surface area contributed by atoms with Crippen molar-refractivity contribution in [2.75, 3.05) is 25.7 Å². The minimum Gasteiger partial charge on any atom is -0.617 e. The summed E-state index contributed by atoms with van der Waals surface area (Å²) in [4.78, 5) is 22.6. The average molecular weight is 351 g/mol. The van der Waals surface area contributed by atoms with Crippen LogP contribution in [0.25, 0.3) is 0 Å². The lowest BCUT2D eigenvalue weighted by atomic mass is 10.2. The van der Waals surface area contributed by atoms with Gasteiger partial charge in [0.25, 0.3) is 0 Å². The molecule has 0 aliphatic rings. The number of ether oxygens (including phenoxy) is 2. The third-order valence-electron chi connectivity index (χ3n) is 2.78. The fourth-order valence-electron chi connectivity index (χ4n) is 1.60. The summed E-state index contributed by atoms with van der Waals surface area (Å²) in [6, 6.07) is 0. The number of carbonyl (C=O) groups is 2. The summed E-state index contributed by atoms with van der Waals surface area (Å²) in [5, 5.41) is 0. The molecule has 0 rings (SSSR count). The number of hydrogen-bond acceptors (Lipinski definition) is 5. The zero-order valence-corrected chi connectivity index (χ0v) is 16.0. The highest BCUT2D eigenvalue weighted by molar-refractivity contribution is 7.89. The summed E-state index contributed by atoms with van der Waals surface area (Å²) >= 11 is -0.611. The molecule has 0 unspecified atom stereocenters. The third-order valence-corrected chi connectivity index (χ3v) is 2.78. The van der Waals surface area contributed by atoms with Crippen molar-refractivity contribution < 1.29 is 23.6 Å². The van der Waals surface area contributed by atoms with Crippen molar-refractivity contribution in [1.29, 1.82) is 0 Å². The van der Waals surface area contributed by atoms with Gasteiger partial charge in [0.05, 0.1) is 25.7 Å². The Hall–Kier alpha value is -0.750. The van der Waals surface area contributed by atoms with E-state index < -0.39 is 11.2 Å². The van der Waals surface area contributed by atoms with Gasteiger partial charge in [-0.25, -0.2) is 0 Å². The Kier molecular flexibility index (Phi) is 20.6. The molecule has 0 radical (unpaired) electrons. The maximum absolute atomic E-state index is 11.3. The van der Waals surface area contributed by atoms with Crippen molar-refractivity contribution in [1.82, 2.24) is 0 Å². The van der Waals surface area contributed by atoms with Crippen LogP contribution in [0.1, 0.15) is 71.6 Å². The zero-order valence-electron chi connectivity index (χ0n) is 15.2. The molecule has 23 heavy (non-hydrogen) atoms. The molecule has 0 bridgehead atoms. The molecule has 0 N–H and O–H groups in total. The van der Waals surface area contributed by atoms with Gasteiger partial charge in [-0.15, -0.1) is 0 Å². The van der Waals surface area contributed by atoms with Gasteiger partial charge in [-0.2, -0.15) is 0 Å². The van der Waals surface area contributed by atoms with Crippen LogP contribution in [0.3, 0.4) is 0 Å². The number of carbonyl (C=O) groups excluding carboxylic acids is 2. The van der Waals surface area contributed by atoms with E-state index in [9.17, 15) is 14.1 Å². The molecule has 0 aromatic carbocycles. The molecule has 0 heterocycles. The van der Waals surface area contributed by atoms with E-state index in [1.54, 1.807) is 12.5 Å². The molecule has 0 fully saturated rings. The summed E-state index contributed by atoms with van der Waals surface area (Å²) in [6.07, 6.45) is 10.6. The summed E-state index contributed by atoms with van der Waals surface area (Å²) in [5.74, 6) is -0.426. The first kappa shape index (κ1) is 24.5. The van der Waals surface area contributed by atoms with Crippen LogP contribution < -0.4 is 0 Å². The monoisotopic (exact) mass is 350 g/mol. The van der Waals surface area contributed by atoms with E-state index in [1.807, 2.05) is 0 Å². The topological polar surface area (TPSA) is 75.7 Å². The maximum atomic E-state index is 11.3. The van der Waals surface area contributed by atoms with Crippen LogP contribution in [0.2, 0.25) is 0 Å². The fourth-order valence-corrected chi connectivity index (χ4v) is 1.60. The van der Waals surface area contributed by atoms with Crippen molar-refractivity contribution >= 4 is 23.1 Å². The second kappa shape index (κ2) is 19.3. The van der Waals surface area contributed by atoms with Crippen molar-refractivity contribution in [2.45, 2.75) is 71.6 Å². The summed E-state index contributed by atoms with van der Waals surface area (Å²) in [6.45, 7) is 5.20. The van der Waals surface area contributed by atoms with E-state index in [2.05, 4.69) is 13.8 Å². The van der Waals surface area contributed by atoms with Gasteiger partial charge in [0.15, 0.2) is 0 Å². The molecule has 0 atom stereocenters. The van der Waals surface area contributed by atoms with Crippen molar-refractivity contribution in [3.63, 3.8) is 0 Å². The minimum atomic E-state index is -0.611. The first-order valence-electron chi connectivity index (χ1n) is 8.50. The molecule has 0 aromatic rings. The lowest BCUT2D eigenvalue weighted by Gasteiger charge is -2.05. The van der Waals surface area contributed by atoms with Crippen molar-refractivity contribution in [2.24, 2.45) is 0 Å². The highest BCUT2D eigenvalue weighted by Crippen LogP contribution is 2.03. The first-order chi connectivity index (χ1) is 10.9. The largest absolute Gasteiger partial charge is 0.617 e. The SMILES string of the molecule is CCCCCOC(=O)CCCC(=O)OCCCCC.C[S+](C)[O-]. The first-order valence-corrected chi connectivity index (χ1v) is 10.5. The van der Waals surface area contributed by atoms with Crippen LogP contribution in [0.5, 0.6) is 0 Å². The number of unbranched alkanes of at least 4 members (excludes halogenated alkanes) is 4. The smallest absolute Gasteiger partial charge is 0.305 e. The minimum absolute atomic E-state index is 0.213. The highest BCUT2D eigenvalue weighted by Gasteiger charge is 2.06. The summed E-state index contributed by atoms with van der Waals surface area (Å²) < 4.78 is 19.7. The van der Waals surface area contributed by atoms with Crippen LogP contribution in [0.4, 0.5) is 0 Å². The van der Waals surface area contributed by atoms with Gasteiger partial charge in [-0.1, -0.05) is 50.7 Å². The van der Waals surface area contributed by atoms with Gasteiger partial charge in [0, 0.05) is 12.8 Å². The number of esters is 2.